The van der Waals surface area contributed by atoms with Gasteiger partial charge in [0.05, 0.1) is 30.6 Å². The van der Waals surface area contributed by atoms with Crippen LogP contribution in [0, 0.1) is 18.6 Å². The molecule has 2 rings (SSSR count). The van der Waals surface area contributed by atoms with Gasteiger partial charge < -0.3 is 15.8 Å². The van der Waals surface area contributed by atoms with Crippen molar-refractivity contribution in [1.82, 2.24) is 9.78 Å². The number of aliphatic imine (C=N–C) groups is 1. The molecule has 6 nitrogen and oxygen atoms in total. The van der Waals surface area contributed by atoms with Crippen LogP contribution in [0.5, 0.6) is 5.88 Å². The highest BCUT2D eigenvalue weighted by molar-refractivity contribution is 14.0. The highest BCUT2D eigenvalue weighted by Gasteiger charge is 2.13. The molecule has 2 aromatic rings. The van der Waals surface area contributed by atoms with Crippen molar-refractivity contribution in [1.29, 1.82) is 0 Å². The minimum absolute atomic E-state index is 0. The van der Waals surface area contributed by atoms with Crippen LogP contribution in [-0.4, -0.2) is 22.8 Å². The summed E-state index contributed by atoms with van der Waals surface area (Å²) < 4.78 is 33.4. The first kappa shape index (κ1) is 19.1. The van der Waals surface area contributed by atoms with E-state index in [1.165, 1.54) is 7.11 Å². The monoisotopic (exact) mass is 437 g/mol. The van der Waals surface area contributed by atoms with E-state index in [9.17, 15) is 8.78 Å². The predicted molar refractivity (Wildman–Crippen MR) is 95.2 cm³/mol. The first-order chi connectivity index (χ1) is 10.4. The Balaban J connectivity index is 0.00000264. The van der Waals surface area contributed by atoms with Crippen molar-refractivity contribution in [3.63, 3.8) is 0 Å². The Morgan fingerprint density at radius 3 is 2.78 bits per heavy atom. The van der Waals surface area contributed by atoms with Gasteiger partial charge in [-0.1, -0.05) is 0 Å². The molecule has 23 heavy (non-hydrogen) atoms. The third-order valence-corrected chi connectivity index (χ3v) is 3.08. The molecule has 0 aliphatic rings. The number of benzene rings is 1. The van der Waals surface area contributed by atoms with Crippen molar-refractivity contribution < 1.29 is 13.5 Å². The van der Waals surface area contributed by atoms with Gasteiger partial charge in [0.1, 0.15) is 11.6 Å². The van der Waals surface area contributed by atoms with Crippen LogP contribution in [0.2, 0.25) is 0 Å². The second-order valence-corrected chi connectivity index (χ2v) is 4.65. The van der Waals surface area contributed by atoms with Gasteiger partial charge in [-0.05, 0) is 19.1 Å². The third kappa shape index (κ3) is 4.53. The number of guanidine groups is 1. The lowest BCUT2D eigenvalue weighted by molar-refractivity contribution is 0.369. The molecule has 1 aromatic heterocycles. The van der Waals surface area contributed by atoms with E-state index in [0.29, 0.717) is 5.88 Å². The van der Waals surface area contributed by atoms with E-state index in [4.69, 9.17) is 10.5 Å². The summed E-state index contributed by atoms with van der Waals surface area (Å²) in [6, 6.07) is 3.05. The van der Waals surface area contributed by atoms with Crippen LogP contribution in [0.1, 0.15) is 11.3 Å². The van der Waals surface area contributed by atoms with Gasteiger partial charge in [0.25, 0.3) is 0 Å². The van der Waals surface area contributed by atoms with Gasteiger partial charge >= 0.3 is 0 Å². The molecule has 0 atom stereocenters. The molecule has 1 heterocycles. The number of ether oxygens (including phenoxy) is 1. The molecule has 0 bridgehead atoms. The Morgan fingerprint density at radius 1 is 1.43 bits per heavy atom. The molecule has 126 valence electrons. The first-order valence-electron chi connectivity index (χ1n) is 6.50. The molecule has 0 fully saturated rings. The SMILES string of the molecule is COc1c(CN=C(N)Nc2cc(F)ccc2F)c(C)nn1C.I. The van der Waals surface area contributed by atoms with Crippen molar-refractivity contribution in [2.45, 2.75) is 13.5 Å². The quantitative estimate of drug-likeness (QED) is 0.438. The number of halogens is 3. The van der Waals surface area contributed by atoms with Crippen LogP contribution in [0.25, 0.3) is 0 Å². The number of rotatable bonds is 4. The van der Waals surface area contributed by atoms with Crippen LogP contribution >= 0.6 is 24.0 Å². The highest BCUT2D eigenvalue weighted by atomic mass is 127. The average Bonchev–Trinajstić information content (AvgIpc) is 2.74. The van der Waals surface area contributed by atoms with Gasteiger partial charge in [0, 0.05) is 13.1 Å². The van der Waals surface area contributed by atoms with Crippen LogP contribution in [-0.2, 0) is 13.6 Å². The van der Waals surface area contributed by atoms with E-state index in [2.05, 4.69) is 15.4 Å². The summed E-state index contributed by atoms with van der Waals surface area (Å²) in [7, 11) is 3.29. The lowest BCUT2D eigenvalue weighted by Crippen LogP contribution is -2.23. The van der Waals surface area contributed by atoms with Crippen LogP contribution in [0.15, 0.2) is 23.2 Å². The maximum Gasteiger partial charge on any atom is 0.216 e. The van der Waals surface area contributed by atoms with E-state index in [-0.39, 0.29) is 42.2 Å². The zero-order valence-electron chi connectivity index (χ0n) is 12.9. The topological polar surface area (TPSA) is 77.5 Å². The van der Waals surface area contributed by atoms with E-state index >= 15 is 0 Å². The van der Waals surface area contributed by atoms with Crippen molar-refractivity contribution in [3.8, 4) is 5.88 Å². The van der Waals surface area contributed by atoms with Crippen LogP contribution in [0.4, 0.5) is 14.5 Å². The molecule has 9 heteroatoms. The van der Waals surface area contributed by atoms with E-state index in [1.54, 1.807) is 11.7 Å². The summed E-state index contributed by atoms with van der Waals surface area (Å²) in [4.78, 5) is 4.10. The van der Waals surface area contributed by atoms with E-state index in [1.807, 2.05) is 6.92 Å². The highest BCUT2D eigenvalue weighted by Crippen LogP contribution is 2.21. The number of aryl methyl sites for hydroxylation is 2. The van der Waals surface area contributed by atoms with Crippen molar-refractivity contribution in [2.75, 3.05) is 12.4 Å². The molecule has 0 amide bonds. The number of nitrogens with one attached hydrogen (secondary N) is 1. The van der Waals surface area contributed by atoms with Gasteiger partial charge in [-0.3, -0.25) is 0 Å². The van der Waals surface area contributed by atoms with Crippen LogP contribution < -0.4 is 15.8 Å². The molecular weight excluding hydrogens is 419 g/mol. The summed E-state index contributed by atoms with van der Waals surface area (Å²) in [5.41, 5.74) is 7.16. The smallest absolute Gasteiger partial charge is 0.216 e. The Labute approximate surface area is 149 Å². The Kier molecular flexibility index (Phi) is 6.73. The van der Waals surface area contributed by atoms with Gasteiger partial charge in [-0.25, -0.2) is 18.5 Å². The van der Waals surface area contributed by atoms with Crippen molar-refractivity contribution in [3.05, 3.63) is 41.1 Å². The van der Waals surface area contributed by atoms with Crippen LogP contribution in [0.3, 0.4) is 0 Å². The van der Waals surface area contributed by atoms with E-state index in [0.717, 1.165) is 29.5 Å². The summed E-state index contributed by atoms with van der Waals surface area (Å²) in [6.45, 7) is 2.03. The van der Waals surface area contributed by atoms with Crippen molar-refractivity contribution in [2.24, 2.45) is 17.8 Å². The molecule has 0 unspecified atom stereocenters. The number of hydrogen-bond acceptors (Lipinski definition) is 3. The second-order valence-electron chi connectivity index (χ2n) is 4.65. The number of methoxy groups -OCH3 is 1. The molecule has 0 saturated heterocycles. The minimum atomic E-state index is -0.616. The molecule has 0 radical (unpaired) electrons. The normalized spacial score (nSPS) is 11.1. The number of nitrogens with two attached hydrogens (primary N) is 1. The largest absolute Gasteiger partial charge is 0.481 e. The van der Waals surface area contributed by atoms with Gasteiger partial charge in [0.15, 0.2) is 5.96 Å². The lowest BCUT2D eigenvalue weighted by Gasteiger charge is -2.07. The molecule has 0 saturated carbocycles. The molecule has 0 aliphatic heterocycles. The zero-order chi connectivity index (χ0) is 16.3. The Morgan fingerprint density at radius 2 is 2.13 bits per heavy atom. The Hall–Kier alpha value is -1.91. The average molecular weight is 437 g/mol. The standard InChI is InChI=1S/C14H17F2N5O.HI/c1-8-10(13(22-3)21(2)20-8)7-18-14(17)19-12-6-9(15)4-5-11(12)16;/h4-6H,7H2,1-3H3,(H3,17,18,19);1H. The summed E-state index contributed by atoms with van der Waals surface area (Å²) in [5, 5.41) is 6.75. The summed E-state index contributed by atoms with van der Waals surface area (Å²) in [5.74, 6) is -0.642. The number of nitrogens with zero attached hydrogens (tertiary/aromatic N) is 3. The second kappa shape index (κ2) is 8.09. The number of anilines is 1. The lowest BCUT2D eigenvalue weighted by atomic mass is 10.2. The fourth-order valence-corrected chi connectivity index (χ4v) is 2.05. The summed E-state index contributed by atoms with van der Waals surface area (Å²) in [6.07, 6.45) is 0. The predicted octanol–water partition coefficient (Wildman–Crippen LogP) is 2.56. The molecular formula is C14H18F2IN5O. The number of aromatic nitrogens is 2. The molecule has 0 aliphatic carbocycles. The van der Waals surface area contributed by atoms with E-state index < -0.39 is 11.6 Å². The fraction of sp³-hybridized carbons (Fsp3) is 0.286. The fourth-order valence-electron chi connectivity index (χ4n) is 2.05. The van der Waals surface area contributed by atoms with Crippen molar-refractivity contribution >= 4 is 35.6 Å². The minimum Gasteiger partial charge on any atom is -0.481 e. The summed E-state index contributed by atoms with van der Waals surface area (Å²) >= 11 is 0. The number of hydrogen-bond donors (Lipinski definition) is 2. The van der Waals surface area contributed by atoms with Gasteiger partial charge in [0.2, 0.25) is 5.88 Å². The maximum atomic E-state index is 13.5. The first-order valence-corrected chi connectivity index (χ1v) is 6.50. The molecule has 1 aromatic carbocycles. The third-order valence-electron chi connectivity index (χ3n) is 3.08. The zero-order valence-corrected chi connectivity index (χ0v) is 15.3. The van der Waals surface area contributed by atoms with Gasteiger partial charge in [-0.15, -0.1) is 24.0 Å². The molecule has 0 spiro atoms. The molecule has 3 N–H and O–H groups in total. The Bertz CT molecular complexity index is 717. The van der Waals surface area contributed by atoms with Gasteiger partial charge in [-0.2, -0.15) is 5.10 Å². The maximum absolute atomic E-state index is 13.5.